The molecule has 1 aliphatic heterocycles. The third-order valence-corrected chi connectivity index (χ3v) is 5.17. The fourth-order valence-corrected chi connectivity index (χ4v) is 3.65. The lowest BCUT2D eigenvalue weighted by Gasteiger charge is -2.16. The highest BCUT2D eigenvalue weighted by Crippen LogP contribution is 2.37. The molecule has 2 amide bonds. The molecule has 0 aromatic heterocycles. The van der Waals surface area contributed by atoms with Gasteiger partial charge in [-0.3, -0.25) is 9.59 Å². The summed E-state index contributed by atoms with van der Waals surface area (Å²) in [6, 6.07) is 16.6. The molecule has 0 saturated carbocycles. The standard InChI is InChI=1S/C23H15Cl2FN2O3/c1-31-19-10-7-15(25)12-18(19)27-21-20(13-5-8-16(26)9-6-13)22(29)28(23(21)30)17-4-2-3-14(24)11-17/h2-12,27H,1H3. The Bertz CT molecular complexity index is 1230. The molecule has 3 aromatic carbocycles. The molecule has 31 heavy (non-hydrogen) atoms. The second kappa shape index (κ2) is 8.41. The van der Waals surface area contributed by atoms with E-state index in [0.29, 0.717) is 32.7 Å². The van der Waals surface area contributed by atoms with Gasteiger partial charge in [0.25, 0.3) is 11.8 Å². The predicted octanol–water partition coefficient (Wildman–Crippen LogP) is 5.54. The SMILES string of the molecule is COc1ccc(Cl)cc1NC1=C(c2ccc(F)cc2)C(=O)N(c2cccc(Cl)c2)C1=O. The largest absolute Gasteiger partial charge is 0.495 e. The zero-order valence-electron chi connectivity index (χ0n) is 16.2. The van der Waals surface area contributed by atoms with E-state index in [1.54, 1.807) is 36.4 Å². The molecule has 4 rings (SSSR count). The average molecular weight is 457 g/mol. The summed E-state index contributed by atoms with van der Waals surface area (Å²) in [6.45, 7) is 0. The highest BCUT2D eigenvalue weighted by Gasteiger charge is 2.40. The van der Waals surface area contributed by atoms with Crippen LogP contribution in [0.4, 0.5) is 15.8 Å². The number of ether oxygens (including phenoxy) is 1. The van der Waals surface area contributed by atoms with Crippen molar-refractivity contribution in [3.8, 4) is 5.75 Å². The first-order valence-corrected chi connectivity index (χ1v) is 9.90. The van der Waals surface area contributed by atoms with E-state index >= 15 is 0 Å². The van der Waals surface area contributed by atoms with Crippen LogP contribution < -0.4 is 15.0 Å². The van der Waals surface area contributed by atoms with Crippen molar-refractivity contribution in [2.75, 3.05) is 17.3 Å². The van der Waals surface area contributed by atoms with Gasteiger partial charge in [-0.15, -0.1) is 0 Å². The highest BCUT2D eigenvalue weighted by atomic mass is 35.5. The van der Waals surface area contributed by atoms with Crippen molar-refractivity contribution >= 4 is 52.0 Å². The monoisotopic (exact) mass is 456 g/mol. The number of carbonyl (C=O) groups is 2. The third kappa shape index (κ3) is 4.00. The molecule has 0 saturated heterocycles. The van der Waals surface area contributed by atoms with E-state index in [4.69, 9.17) is 27.9 Å². The number of halogens is 3. The lowest BCUT2D eigenvalue weighted by atomic mass is 10.0. The van der Waals surface area contributed by atoms with Crippen LogP contribution in [0.2, 0.25) is 10.0 Å². The van der Waals surface area contributed by atoms with Gasteiger partial charge < -0.3 is 10.1 Å². The van der Waals surface area contributed by atoms with Crippen LogP contribution in [-0.4, -0.2) is 18.9 Å². The number of imide groups is 1. The van der Waals surface area contributed by atoms with E-state index in [1.165, 1.54) is 37.4 Å². The topological polar surface area (TPSA) is 58.6 Å². The fourth-order valence-electron chi connectivity index (χ4n) is 3.29. The minimum atomic E-state index is -0.589. The molecule has 0 radical (unpaired) electrons. The zero-order chi connectivity index (χ0) is 22.1. The van der Waals surface area contributed by atoms with Gasteiger partial charge in [0.05, 0.1) is 24.1 Å². The van der Waals surface area contributed by atoms with Crippen molar-refractivity contribution in [2.24, 2.45) is 0 Å². The van der Waals surface area contributed by atoms with Gasteiger partial charge in [0.1, 0.15) is 17.3 Å². The van der Waals surface area contributed by atoms with Crippen LogP contribution >= 0.6 is 23.2 Å². The van der Waals surface area contributed by atoms with Crippen LogP contribution in [0.1, 0.15) is 5.56 Å². The number of rotatable bonds is 5. The number of hydrogen-bond donors (Lipinski definition) is 1. The van der Waals surface area contributed by atoms with Crippen molar-refractivity contribution in [2.45, 2.75) is 0 Å². The first kappa shape index (κ1) is 20.9. The molecule has 3 aromatic rings. The number of carbonyl (C=O) groups excluding carboxylic acids is 2. The van der Waals surface area contributed by atoms with Crippen LogP contribution in [0.3, 0.4) is 0 Å². The summed E-state index contributed by atoms with van der Waals surface area (Å²) < 4.78 is 18.8. The number of amides is 2. The van der Waals surface area contributed by atoms with E-state index in [0.717, 1.165) is 4.90 Å². The summed E-state index contributed by atoms with van der Waals surface area (Å²) in [6.07, 6.45) is 0. The number of benzene rings is 3. The number of anilines is 2. The average Bonchev–Trinajstić information content (AvgIpc) is 2.98. The molecule has 156 valence electrons. The minimum Gasteiger partial charge on any atom is -0.495 e. The normalized spacial score (nSPS) is 13.7. The second-order valence-corrected chi connectivity index (χ2v) is 7.52. The smallest absolute Gasteiger partial charge is 0.282 e. The van der Waals surface area contributed by atoms with Crippen LogP contribution in [0.15, 0.2) is 72.4 Å². The summed E-state index contributed by atoms with van der Waals surface area (Å²) >= 11 is 12.2. The Kier molecular flexibility index (Phi) is 5.67. The van der Waals surface area contributed by atoms with Crippen LogP contribution in [-0.2, 0) is 9.59 Å². The maximum absolute atomic E-state index is 13.5. The quantitative estimate of drug-likeness (QED) is 0.512. The second-order valence-electron chi connectivity index (χ2n) is 6.65. The number of hydrogen-bond acceptors (Lipinski definition) is 4. The first-order chi connectivity index (χ1) is 14.9. The fraction of sp³-hybridized carbons (Fsp3) is 0.0435. The van der Waals surface area contributed by atoms with Crippen LogP contribution in [0.5, 0.6) is 5.75 Å². The number of nitrogens with one attached hydrogen (secondary N) is 1. The maximum Gasteiger partial charge on any atom is 0.282 e. The summed E-state index contributed by atoms with van der Waals surface area (Å²) in [4.78, 5) is 27.7. The Morgan fingerprint density at radius 1 is 0.903 bits per heavy atom. The number of methoxy groups -OCH3 is 1. The molecule has 1 aliphatic rings. The molecule has 1 N–H and O–H groups in total. The summed E-state index contributed by atoms with van der Waals surface area (Å²) in [5.41, 5.74) is 1.20. The van der Waals surface area contributed by atoms with E-state index in [9.17, 15) is 14.0 Å². The van der Waals surface area contributed by atoms with E-state index in [-0.39, 0.29) is 11.3 Å². The molecule has 1 heterocycles. The summed E-state index contributed by atoms with van der Waals surface area (Å²) in [5.74, 6) is -1.19. The number of nitrogens with zero attached hydrogens (tertiary/aromatic N) is 1. The van der Waals surface area contributed by atoms with E-state index in [2.05, 4.69) is 5.32 Å². The molecule has 0 aliphatic carbocycles. The van der Waals surface area contributed by atoms with Crippen molar-refractivity contribution in [3.63, 3.8) is 0 Å². The molecule has 8 heteroatoms. The van der Waals surface area contributed by atoms with Gasteiger partial charge in [-0.1, -0.05) is 41.4 Å². The van der Waals surface area contributed by atoms with Crippen molar-refractivity contribution in [3.05, 3.63) is 93.9 Å². The van der Waals surface area contributed by atoms with Gasteiger partial charge in [-0.25, -0.2) is 9.29 Å². The van der Waals surface area contributed by atoms with Crippen LogP contribution in [0, 0.1) is 5.82 Å². The van der Waals surface area contributed by atoms with Crippen molar-refractivity contribution in [1.82, 2.24) is 0 Å². The van der Waals surface area contributed by atoms with Crippen molar-refractivity contribution < 1.29 is 18.7 Å². The highest BCUT2D eigenvalue weighted by molar-refractivity contribution is 6.46. The molecular formula is C23H15Cl2FN2O3. The molecule has 0 fully saturated rings. The van der Waals surface area contributed by atoms with Crippen molar-refractivity contribution in [1.29, 1.82) is 0 Å². The van der Waals surface area contributed by atoms with Gasteiger partial charge >= 0.3 is 0 Å². The molecular weight excluding hydrogens is 442 g/mol. The van der Waals surface area contributed by atoms with Gasteiger partial charge in [-0.05, 0) is 54.1 Å². The Labute approximate surface area is 187 Å². The van der Waals surface area contributed by atoms with E-state index < -0.39 is 17.6 Å². The Balaban J connectivity index is 1.86. The lowest BCUT2D eigenvalue weighted by Crippen LogP contribution is -2.32. The maximum atomic E-state index is 13.5. The van der Waals surface area contributed by atoms with Gasteiger partial charge in [0.2, 0.25) is 0 Å². The van der Waals surface area contributed by atoms with E-state index in [1.807, 2.05) is 0 Å². The lowest BCUT2D eigenvalue weighted by molar-refractivity contribution is -0.120. The first-order valence-electron chi connectivity index (χ1n) is 9.14. The van der Waals surface area contributed by atoms with Gasteiger partial charge in [0, 0.05) is 10.0 Å². The summed E-state index contributed by atoms with van der Waals surface area (Å²) in [5, 5.41) is 3.78. The molecule has 5 nitrogen and oxygen atoms in total. The molecule has 0 spiro atoms. The molecule has 0 unspecified atom stereocenters. The summed E-state index contributed by atoms with van der Waals surface area (Å²) in [7, 11) is 1.48. The minimum absolute atomic E-state index is 0.0113. The van der Waals surface area contributed by atoms with Crippen LogP contribution in [0.25, 0.3) is 5.57 Å². The third-order valence-electron chi connectivity index (χ3n) is 4.70. The molecule has 0 atom stereocenters. The zero-order valence-corrected chi connectivity index (χ0v) is 17.7. The predicted molar refractivity (Wildman–Crippen MR) is 119 cm³/mol. The van der Waals surface area contributed by atoms with Gasteiger partial charge in [-0.2, -0.15) is 0 Å². The Morgan fingerprint density at radius 3 is 2.29 bits per heavy atom. The Hall–Kier alpha value is -3.35. The van der Waals surface area contributed by atoms with Gasteiger partial charge in [0.15, 0.2) is 0 Å². The molecule has 0 bridgehead atoms. The Morgan fingerprint density at radius 2 is 1.61 bits per heavy atom.